The zero-order valence-corrected chi connectivity index (χ0v) is 16.0. The van der Waals surface area contributed by atoms with Gasteiger partial charge in [0.2, 0.25) is 0 Å². The van der Waals surface area contributed by atoms with E-state index in [1.165, 1.54) is 5.56 Å². The standard InChI is InChI=1S/C24H22N2O2/c1-3-17-8-13-22-21(14-17)26-23(28-22)15-18-6-11-20(12-7-18)25-24(27)19-9-4-16(2)5-10-19/h4-14H,3,15H2,1-2H3,(H,25,27). The minimum absolute atomic E-state index is 0.113. The number of carbonyl (C=O) groups is 1. The number of fused-ring (bicyclic) bond motifs is 1. The van der Waals surface area contributed by atoms with E-state index in [2.05, 4.69) is 29.4 Å². The molecule has 3 aromatic carbocycles. The van der Waals surface area contributed by atoms with Crippen molar-refractivity contribution in [1.82, 2.24) is 4.98 Å². The molecule has 0 spiro atoms. The van der Waals surface area contributed by atoms with Gasteiger partial charge in [-0.05, 0) is 60.9 Å². The van der Waals surface area contributed by atoms with E-state index in [0.717, 1.165) is 34.3 Å². The van der Waals surface area contributed by atoms with Crippen LogP contribution in [-0.4, -0.2) is 10.9 Å². The first-order valence-electron chi connectivity index (χ1n) is 9.46. The van der Waals surface area contributed by atoms with Crippen molar-refractivity contribution < 1.29 is 9.21 Å². The van der Waals surface area contributed by atoms with Gasteiger partial charge in [0.05, 0.1) is 0 Å². The molecule has 4 heteroatoms. The Morgan fingerprint density at radius 3 is 2.39 bits per heavy atom. The van der Waals surface area contributed by atoms with E-state index in [-0.39, 0.29) is 5.91 Å². The van der Waals surface area contributed by atoms with E-state index < -0.39 is 0 Å². The molecular formula is C24H22N2O2. The molecule has 1 N–H and O–H groups in total. The molecule has 0 aliphatic heterocycles. The molecule has 0 aliphatic rings. The highest BCUT2D eigenvalue weighted by Crippen LogP contribution is 2.20. The number of hydrogen-bond donors (Lipinski definition) is 1. The molecule has 0 saturated heterocycles. The van der Waals surface area contributed by atoms with Crippen molar-refractivity contribution in [2.24, 2.45) is 0 Å². The maximum Gasteiger partial charge on any atom is 0.255 e. The second-order valence-corrected chi connectivity index (χ2v) is 6.96. The summed E-state index contributed by atoms with van der Waals surface area (Å²) in [6, 6.07) is 21.4. The molecule has 4 aromatic rings. The van der Waals surface area contributed by atoms with Crippen LogP contribution >= 0.6 is 0 Å². The molecule has 140 valence electrons. The van der Waals surface area contributed by atoms with Gasteiger partial charge < -0.3 is 9.73 Å². The Bertz CT molecular complexity index is 1110. The molecule has 0 radical (unpaired) electrons. The number of carbonyl (C=O) groups excluding carboxylic acids is 1. The van der Waals surface area contributed by atoms with Crippen molar-refractivity contribution in [2.75, 3.05) is 5.32 Å². The Hall–Kier alpha value is -3.40. The summed E-state index contributed by atoms with van der Waals surface area (Å²) in [4.78, 5) is 16.9. The van der Waals surface area contributed by atoms with Gasteiger partial charge in [0, 0.05) is 17.7 Å². The molecule has 0 bridgehead atoms. The molecule has 4 rings (SSSR count). The number of anilines is 1. The van der Waals surface area contributed by atoms with Gasteiger partial charge in [-0.15, -0.1) is 0 Å². The average Bonchev–Trinajstić information content (AvgIpc) is 3.11. The summed E-state index contributed by atoms with van der Waals surface area (Å²) in [6.07, 6.45) is 1.59. The summed E-state index contributed by atoms with van der Waals surface area (Å²) < 4.78 is 5.85. The fourth-order valence-electron chi connectivity index (χ4n) is 3.11. The molecule has 0 aliphatic carbocycles. The van der Waals surface area contributed by atoms with Gasteiger partial charge in [0.25, 0.3) is 5.91 Å². The van der Waals surface area contributed by atoms with Crippen molar-refractivity contribution in [3.05, 3.63) is 94.9 Å². The molecular weight excluding hydrogens is 348 g/mol. The lowest BCUT2D eigenvalue weighted by Gasteiger charge is -2.06. The number of rotatable bonds is 5. The van der Waals surface area contributed by atoms with Crippen LogP contribution < -0.4 is 5.32 Å². The zero-order valence-electron chi connectivity index (χ0n) is 16.0. The Balaban J connectivity index is 1.44. The summed E-state index contributed by atoms with van der Waals surface area (Å²) in [7, 11) is 0. The number of amides is 1. The van der Waals surface area contributed by atoms with Gasteiger partial charge in [-0.3, -0.25) is 4.79 Å². The number of nitrogens with zero attached hydrogens (tertiary/aromatic N) is 1. The number of benzene rings is 3. The maximum atomic E-state index is 12.3. The third kappa shape index (κ3) is 3.96. The number of nitrogens with one attached hydrogen (secondary N) is 1. The van der Waals surface area contributed by atoms with Crippen LogP contribution in [0.15, 0.2) is 71.1 Å². The third-order valence-corrected chi connectivity index (χ3v) is 4.79. The van der Waals surface area contributed by atoms with E-state index in [1.807, 2.05) is 61.5 Å². The molecule has 1 heterocycles. The lowest BCUT2D eigenvalue weighted by molar-refractivity contribution is 0.102. The highest BCUT2D eigenvalue weighted by molar-refractivity contribution is 6.04. The molecule has 1 amide bonds. The fraction of sp³-hybridized carbons (Fsp3) is 0.167. The Labute approximate surface area is 164 Å². The smallest absolute Gasteiger partial charge is 0.255 e. The van der Waals surface area contributed by atoms with Gasteiger partial charge in [0.15, 0.2) is 11.5 Å². The van der Waals surface area contributed by atoms with Crippen molar-refractivity contribution in [2.45, 2.75) is 26.7 Å². The Kier molecular flexibility index (Phi) is 4.94. The number of hydrogen-bond acceptors (Lipinski definition) is 3. The SMILES string of the molecule is CCc1ccc2oc(Cc3ccc(NC(=O)c4ccc(C)cc4)cc3)nc2c1. The molecule has 4 nitrogen and oxygen atoms in total. The molecule has 0 atom stereocenters. The zero-order chi connectivity index (χ0) is 19.5. The van der Waals surface area contributed by atoms with Gasteiger partial charge >= 0.3 is 0 Å². The second kappa shape index (κ2) is 7.69. The van der Waals surface area contributed by atoms with Crippen molar-refractivity contribution >= 4 is 22.7 Å². The first kappa shape index (κ1) is 18.0. The number of aromatic nitrogens is 1. The largest absolute Gasteiger partial charge is 0.440 e. The average molecular weight is 370 g/mol. The van der Waals surface area contributed by atoms with E-state index in [9.17, 15) is 4.79 Å². The third-order valence-electron chi connectivity index (χ3n) is 4.79. The summed E-state index contributed by atoms with van der Waals surface area (Å²) in [5, 5.41) is 2.92. The number of aryl methyl sites for hydroxylation is 2. The quantitative estimate of drug-likeness (QED) is 0.502. The van der Waals surface area contributed by atoms with E-state index in [4.69, 9.17) is 4.42 Å². The minimum Gasteiger partial charge on any atom is -0.440 e. The van der Waals surface area contributed by atoms with Crippen molar-refractivity contribution in [3.63, 3.8) is 0 Å². The van der Waals surface area contributed by atoms with Crippen LogP contribution in [0.25, 0.3) is 11.1 Å². The summed E-state index contributed by atoms with van der Waals surface area (Å²) >= 11 is 0. The van der Waals surface area contributed by atoms with E-state index in [0.29, 0.717) is 17.9 Å². The first-order chi connectivity index (χ1) is 13.6. The molecule has 1 aromatic heterocycles. The van der Waals surface area contributed by atoms with E-state index >= 15 is 0 Å². The van der Waals surface area contributed by atoms with Crippen molar-refractivity contribution in [1.29, 1.82) is 0 Å². The lowest BCUT2D eigenvalue weighted by Crippen LogP contribution is -2.11. The van der Waals surface area contributed by atoms with E-state index in [1.54, 1.807) is 0 Å². The predicted molar refractivity (Wildman–Crippen MR) is 112 cm³/mol. The lowest BCUT2D eigenvalue weighted by atomic mass is 10.1. The monoisotopic (exact) mass is 370 g/mol. The summed E-state index contributed by atoms with van der Waals surface area (Å²) in [6.45, 7) is 4.13. The van der Waals surface area contributed by atoms with Crippen molar-refractivity contribution in [3.8, 4) is 0 Å². The normalized spacial score (nSPS) is 10.9. The predicted octanol–water partition coefficient (Wildman–Crippen LogP) is 5.54. The van der Waals surface area contributed by atoms with Gasteiger partial charge in [-0.25, -0.2) is 4.98 Å². The topological polar surface area (TPSA) is 55.1 Å². The first-order valence-corrected chi connectivity index (χ1v) is 9.46. The van der Waals surface area contributed by atoms with Crippen LogP contribution in [0.1, 0.15) is 39.9 Å². The van der Waals surface area contributed by atoms with Crippen LogP contribution in [-0.2, 0) is 12.8 Å². The highest BCUT2D eigenvalue weighted by Gasteiger charge is 2.09. The van der Waals surface area contributed by atoms with Crippen LogP contribution in [0.4, 0.5) is 5.69 Å². The Morgan fingerprint density at radius 1 is 0.964 bits per heavy atom. The number of oxazole rings is 1. The van der Waals surface area contributed by atoms with Gasteiger partial charge in [-0.1, -0.05) is 42.8 Å². The van der Waals surface area contributed by atoms with Gasteiger partial charge in [-0.2, -0.15) is 0 Å². The maximum absolute atomic E-state index is 12.3. The minimum atomic E-state index is -0.113. The highest BCUT2D eigenvalue weighted by atomic mass is 16.3. The Morgan fingerprint density at radius 2 is 1.68 bits per heavy atom. The fourth-order valence-corrected chi connectivity index (χ4v) is 3.11. The van der Waals surface area contributed by atoms with Crippen LogP contribution in [0.3, 0.4) is 0 Å². The van der Waals surface area contributed by atoms with Crippen LogP contribution in [0, 0.1) is 6.92 Å². The molecule has 0 saturated carbocycles. The second-order valence-electron chi connectivity index (χ2n) is 6.96. The summed E-state index contributed by atoms with van der Waals surface area (Å²) in [5.74, 6) is 0.582. The van der Waals surface area contributed by atoms with Crippen LogP contribution in [0.2, 0.25) is 0 Å². The van der Waals surface area contributed by atoms with Crippen LogP contribution in [0.5, 0.6) is 0 Å². The molecule has 0 fully saturated rings. The molecule has 0 unspecified atom stereocenters. The van der Waals surface area contributed by atoms with Gasteiger partial charge in [0.1, 0.15) is 5.52 Å². The molecule has 28 heavy (non-hydrogen) atoms. The summed E-state index contributed by atoms with van der Waals surface area (Å²) in [5.41, 5.74) is 6.58.